The van der Waals surface area contributed by atoms with Crippen LogP contribution in [0.3, 0.4) is 0 Å². The molecule has 0 saturated carbocycles. The third kappa shape index (κ3) is 4.54. The maximum Gasteiger partial charge on any atom is 0.315 e. The number of aryl methyl sites for hydroxylation is 1. The van der Waals surface area contributed by atoms with Gasteiger partial charge in [0.05, 0.1) is 6.10 Å². The van der Waals surface area contributed by atoms with Crippen molar-refractivity contribution in [3.8, 4) is 0 Å². The molecule has 1 aromatic heterocycles. The van der Waals surface area contributed by atoms with Gasteiger partial charge in [0.1, 0.15) is 5.82 Å². The molecule has 0 aliphatic heterocycles. The van der Waals surface area contributed by atoms with Crippen molar-refractivity contribution in [3.05, 3.63) is 57.5 Å². The number of rotatable bonds is 5. The monoisotopic (exact) mass is 308 g/mol. The second kappa shape index (κ2) is 7.19. The fourth-order valence-electron chi connectivity index (χ4n) is 1.83. The van der Waals surface area contributed by atoms with Crippen LogP contribution in [0.5, 0.6) is 0 Å². The minimum Gasteiger partial charge on any atom is -0.387 e. The highest BCUT2D eigenvalue weighted by Crippen LogP contribution is 2.15. The van der Waals surface area contributed by atoms with Crippen LogP contribution in [0.25, 0.3) is 0 Å². The molecule has 4 nitrogen and oxygen atoms in total. The zero-order chi connectivity index (χ0) is 15.2. The zero-order valence-electron chi connectivity index (χ0n) is 11.6. The number of amides is 2. The molecule has 6 heteroatoms. The molecule has 112 valence electrons. The molecule has 1 heterocycles. The van der Waals surface area contributed by atoms with Crippen molar-refractivity contribution in [2.45, 2.75) is 19.6 Å². The maximum absolute atomic E-state index is 13.1. The van der Waals surface area contributed by atoms with E-state index >= 15 is 0 Å². The van der Waals surface area contributed by atoms with Gasteiger partial charge in [0.25, 0.3) is 0 Å². The summed E-state index contributed by atoms with van der Waals surface area (Å²) < 4.78 is 13.1. The molecule has 2 rings (SSSR count). The topological polar surface area (TPSA) is 61.4 Å². The van der Waals surface area contributed by atoms with Crippen LogP contribution in [0.4, 0.5) is 9.18 Å². The fraction of sp³-hybridized carbons (Fsp3) is 0.267. The summed E-state index contributed by atoms with van der Waals surface area (Å²) in [4.78, 5) is 11.6. The minimum absolute atomic E-state index is 0.144. The second-order valence-electron chi connectivity index (χ2n) is 4.72. The smallest absolute Gasteiger partial charge is 0.315 e. The summed E-state index contributed by atoms with van der Waals surface area (Å²) >= 11 is 1.49. The quantitative estimate of drug-likeness (QED) is 0.795. The number of urea groups is 1. The largest absolute Gasteiger partial charge is 0.387 e. The van der Waals surface area contributed by atoms with Gasteiger partial charge >= 0.3 is 6.03 Å². The number of halogens is 1. The van der Waals surface area contributed by atoms with Gasteiger partial charge < -0.3 is 15.7 Å². The van der Waals surface area contributed by atoms with Gasteiger partial charge in [0.15, 0.2) is 0 Å². The van der Waals surface area contributed by atoms with Gasteiger partial charge in [0, 0.05) is 13.1 Å². The molecule has 0 radical (unpaired) electrons. The van der Waals surface area contributed by atoms with E-state index in [0.717, 1.165) is 11.1 Å². The molecule has 2 amide bonds. The Morgan fingerprint density at radius 2 is 2.19 bits per heavy atom. The van der Waals surface area contributed by atoms with Crippen LogP contribution >= 0.6 is 11.3 Å². The van der Waals surface area contributed by atoms with E-state index in [-0.39, 0.29) is 18.4 Å². The third-order valence-electron chi connectivity index (χ3n) is 3.06. The van der Waals surface area contributed by atoms with E-state index in [9.17, 15) is 14.3 Å². The average molecular weight is 308 g/mol. The first-order valence-corrected chi connectivity index (χ1v) is 7.47. The van der Waals surface area contributed by atoms with Crippen molar-refractivity contribution in [2.75, 3.05) is 6.54 Å². The number of hydrogen-bond acceptors (Lipinski definition) is 3. The van der Waals surface area contributed by atoms with Crippen molar-refractivity contribution < 1.29 is 14.3 Å². The number of carbonyl (C=O) groups excluding carboxylic acids is 1. The number of nitrogens with one attached hydrogen (secondary N) is 2. The van der Waals surface area contributed by atoms with Gasteiger partial charge in [-0.15, -0.1) is 0 Å². The summed E-state index contributed by atoms with van der Waals surface area (Å²) in [5.41, 5.74) is 2.15. The van der Waals surface area contributed by atoms with Crippen LogP contribution in [0.1, 0.15) is 22.8 Å². The van der Waals surface area contributed by atoms with Crippen LogP contribution in [0.15, 0.2) is 35.0 Å². The first-order chi connectivity index (χ1) is 10.1. The highest BCUT2D eigenvalue weighted by Gasteiger charge is 2.09. The molecule has 0 aliphatic carbocycles. The van der Waals surface area contributed by atoms with Crippen LogP contribution < -0.4 is 10.6 Å². The Labute approximate surface area is 126 Å². The lowest BCUT2D eigenvalue weighted by atomic mass is 10.1. The predicted molar refractivity (Wildman–Crippen MR) is 80.7 cm³/mol. The van der Waals surface area contributed by atoms with Gasteiger partial charge in [-0.1, -0.05) is 12.1 Å². The zero-order valence-corrected chi connectivity index (χ0v) is 12.4. The molecule has 21 heavy (non-hydrogen) atoms. The first kappa shape index (κ1) is 15.5. The Morgan fingerprint density at radius 3 is 2.86 bits per heavy atom. The summed E-state index contributed by atoms with van der Waals surface area (Å²) in [6.45, 7) is 2.13. The Bertz CT molecular complexity index is 602. The van der Waals surface area contributed by atoms with Crippen LogP contribution in [-0.2, 0) is 6.54 Å². The number of hydrogen-bond donors (Lipinski definition) is 3. The van der Waals surface area contributed by atoms with Crippen molar-refractivity contribution >= 4 is 17.4 Å². The summed E-state index contributed by atoms with van der Waals surface area (Å²) in [5, 5.41) is 18.8. The SMILES string of the molecule is Cc1cc(CNC(=O)NCC(O)c2ccsc2)ccc1F. The summed E-state index contributed by atoms with van der Waals surface area (Å²) in [6, 6.07) is 6.14. The molecular formula is C15H17FN2O2S. The van der Waals surface area contributed by atoms with E-state index < -0.39 is 6.10 Å². The van der Waals surface area contributed by atoms with Gasteiger partial charge in [-0.05, 0) is 46.5 Å². The lowest BCUT2D eigenvalue weighted by Crippen LogP contribution is -2.37. The van der Waals surface area contributed by atoms with Gasteiger partial charge in [0.2, 0.25) is 0 Å². The number of carbonyl (C=O) groups is 1. The average Bonchev–Trinajstić information content (AvgIpc) is 3.00. The molecule has 0 aliphatic rings. The molecule has 0 bridgehead atoms. The molecule has 0 spiro atoms. The fourth-order valence-corrected chi connectivity index (χ4v) is 2.54. The van der Waals surface area contributed by atoms with E-state index in [1.165, 1.54) is 17.4 Å². The Balaban J connectivity index is 1.75. The molecule has 0 fully saturated rings. The maximum atomic E-state index is 13.1. The van der Waals surface area contributed by atoms with Crippen molar-refractivity contribution in [3.63, 3.8) is 0 Å². The molecule has 1 atom stereocenters. The Hall–Kier alpha value is -1.92. The lowest BCUT2D eigenvalue weighted by molar-refractivity contribution is 0.173. The van der Waals surface area contributed by atoms with E-state index in [0.29, 0.717) is 12.1 Å². The van der Waals surface area contributed by atoms with Crippen LogP contribution in [0, 0.1) is 12.7 Å². The van der Waals surface area contributed by atoms with E-state index in [4.69, 9.17) is 0 Å². The summed E-state index contributed by atoms with van der Waals surface area (Å²) in [7, 11) is 0. The van der Waals surface area contributed by atoms with Crippen LogP contribution in [0.2, 0.25) is 0 Å². The Kier molecular flexibility index (Phi) is 5.30. The highest BCUT2D eigenvalue weighted by atomic mass is 32.1. The number of benzene rings is 1. The molecule has 1 aromatic carbocycles. The number of aliphatic hydroxyl groups excluding tert-OH is 1. The van der Waals surface area contributed by atoms with E-state index in [1.807, 2.05) is 16.8 Å². The second-order valence-corrected chi connectivity index (χ2v) is 5.50. The normalized spacial score (nSPS) is 12.0. The highest BCUT2D eigenvalue weighted by molar-refractivity contribution is 7.07. The minimum atomic E-state index is -0.713. The molecule has 0 saturated heterocycles. The van der Waals surface area contributed by atoms with Crippen molar-refractivity contribution in [1.82, 2.24) is 10.6 Å². The van der Waals surface area contributed by atoms with Gasteiger partial charge in [-0.25, -0.2) is 9.18 Å². The molecule has 3 N–H and O–H groups in total. The lowest BCUT2D eigenvalue weighted by Gasteiger charge is -2.12. The standard InChI is InChI=1S/C15H17FN2O2S/c1-10-6-11(2-3-13(10)16)7-17-15(20)18-8-14(19)12-4-5-21-9-12/h2-6,9,14,19H,7-8H2,1H3,(H2,17,18,20). The predicted octanol–water partition coefficient (Wildman–Crippen LogP) is 2.73. The molecular weight excluding hydrogens is 291 g/mol. The van der Waals surface area contributed by atoms with Crippen LogP contribution in [-0.4, -0.2) is 17.7 Å². The summed E-state index contributed by atoms with van der Waals surface area (Å²) in [6.07, 6.45) is -0.713. The van der Waals surface area contributed by atoms with E-state index in [2.05, 4.69) is 10.6 Å². The van der Waals surface area contributed by atoms with Crippen molar-refractivity contribution in [2.24, 2.45) is 0 Å². The molecule has 1 unspecified atom stereocenters. The van der Waals surface area contributed by atoms with Gasteiger partial charge in [-0.2, -0.15) is 11.3 Å². The third-order valence-corrected chi connectivity index (χ3v) is 3.76. The number of thiophene rings is 1. The Morgan fingerprint density at radius 1 is 1.38 bits per heavy atom. The first-order valence-electron chi connectivity index (χ1n) is 6.53. The number of aliphatic hydroxyl groups is 1. The molecule has 2 aromatic rings. The summed E-state index contributed by atoms with van der Waals surface area (Å²) in [5.74, 6) is -0.262. The van der Waals surface area contributed by atoms with Crippen molar-refractivity contribution in [1.29, 1.82) is 0 Å². The van der Waals surface area contributed by atoms with Gasteiger partial charge in [-0.3, -0.25) is 0 Å². The van der Waals surface area contributed by atoms with E-state index in [1.54, 1.807) is 19.1 Å².